The van der Waals surface area contributed by atoms with Gasteiger partial charge in [-0.05, 0) is 42.5 Å². The third kappa shape index (κ3) is 4.02. The van der Waals surface area contributed by atoms with Crippen LogP contribution >= 0.6 is 11.8 Å². The Labute approximate surface area is 153 Å². The van der Waals surface area contributed by atoms with E-state index in [1.807, 2.05) is 24.3 Å². The Hall–Kier alpha value is -2.87. The van der Waals surface area contributed by atoms with Crippen LogP contribution in [0, 0.1) is 5.82 Å². The number of thioether (sulfide) groups is 1. The molecule has 0 bridgehead atoms. The summed E-state index contributed by atoms with van der Waals surface area (Å²) in [6.07, 6.45) is 0. The predicted molar refractivity (Wildman–Crippen MR) is 96.4 cm³/mol. The number of hydrogen-bond acceptors (Lipinski definition) is 6. The van der Waals surface area contributed by atoms with E-state index in [1.165, 1.54) is 37.1 Å². The summed E-state index contributed by atoms with van der Waals surface area (Å²) in [6, 6.07) is 11.5. The lowest BCUT2D eigenvalue weighted by molar-refractivity contribution is 0.102. The Kier molecular flexibility index (Phi) is 5.52. The third-order valence-electron chi connectivity index (χ3n) is 3.63. The van der Waals surface area contributed by atoms with Crippen LogP contribution in [0.4, 0.5) is 4.39 Å². The van der Waals surface area contributed by atoms with Crippen LogP contribution in [-0.2, 0) is 0 Å². The average Bonchev–Trinajstić information content (AvgIpc) is 3.15. The van der Waals surface area contributed by atoms with E-state index in [4.69, 9.17) is 9.47 Å². The fraction of sp³-hybridized carbons (Fsp3) is 0.167. The Morgan fingerprint density at radius 1 is 1.15 bits per heavy atom. The number of nitrogens with zero attached hydrogens (tertiary/aromatic N) is 2. The summed E-state index contributed by atoms with van der Waals surface area (Å²) in [4.78, 5) is 16.6. The van der Waals surface area contributed by atoms with E-state index in [0.717, 1.165) is 11.3 Å². The number of halogens is 1. The van der Waals surface area contributed by atoms with Gasteiger partial charge in [-0.15, -0.1) is 5.10 Å². The Morgan fingerprint density at radius 3 is 2.58 bits per heavy atom. The Morgan fingerprint density at radius 2 is 1.92 bits per heavy atom. The number of carbonyl (C=O) groups excluding carboxylic acids is 1. The smallest absolute Gasteiger partial charge is 0.209 e. The van der Waals surface area contributed by atoms with Crippen LogP contribution in [0.15, 0.2) is 47.6 Å². The molecule has 0 aliphatic rings. The second-order valence-corrected chi connectivity index (χ2v) is 6.20. The van der Waals surface area contributed by atoms with Crippen molar-refractivity contribution in [3.05, 3.63) is 53.8 Å². The number of H-pyrrole nitrogens is 1. The van der Waals surface area contributed by atoms with Crippen molar-refractivity contribution in [1.29, 1.82) is 0 Å². The highest BCUT2D eigenvalue weighted by Crippen LogP contribution is 2.23. The highest BCUT2D eigenvalue weighted by Gasteiger charge is 2.13. The maximum absolute atomic E-state index is 13.7. The summed E-state index contributed by atoms with van der Waals surface area (Å²) in [7, 11) is 2.98. The maximum atomic E-state index is 13.7. The summed E-state index contributed by atoms with van der Waals surface area (Å²) < 4.78 is 23.7. The SMILES string of the molecule is COc1ccc(-c2nc(SCC(=O)c3ccc(OC)c(F)c3)n[nH]2)cc1. The normalized spacial score (nSPS) is 10.6. The molecule has 26 heavy (non-hydrogen) atoms. The average molecular weight is 373 g/mol. The van der Waals surface area contributed by atoms with Crippen molar-refractivity contribution < 1.29 is 18.7 Å². The molecule has 0 amide bonds. The number of benzene rings is 2. The summed E-state index contributed by atoms with van der Waals surface area (Å²) >= 11 is 1.18. The zero-order valence-electron chi connectivity index (χ0n) is 14.2. The minimum atomic E-state index is -0.567. The van der Waals surface area contributed by atoms with Gasteiger partial charge in [-0.2, -0.15) is 0 Å². The largest absolute Gasteiger partial charge is 0.497 e. The van der Waals surface area contributed by atoms with Crippen LogP contribution < -0.4 is 9.47 Å². The molecule has 3 rings (SSSR count). The standard InChI is InChI=1S/C18H16FN3O3S/c1-24-13-6-3-11(4-7-13)17-20-18(22-21-17)26-10-15(23)12-5-8-16(25-2)14(19)9-12/h3-9H,10H2,1-2H3,(H,20,21,22). The van der Waals surface area contributed by atoms with Gasteiger partial charge in [-0.3, -0.25) is 9.89 Å². The molecule has 3 aromatic rings. The van der Waals surface area contributed by atoms with Gasteiger partial charge in [-0.1, -0.05) is 11.8 Å². The second kappa shape index (κ2) is 8.01. The minimum absolute atomic E-state index is 0.103. The zero-order chi connectivity index (χ0) is 18.5. The highest BCUT2D eigenvalue weighted by molar-refractivity contribution is 7.99. The first-order chi connectivity index (χ1) is 12.6. The molecule has 8 heteroatoms. The minimum Gasteiger partial charge on any atom is -0.497 e. The van der Waals surface area contributed by atoms with E-state index < -0.39 is 5.82 Å². The number of aromatic nitrogens is 3. The van der Waals surface area contributed by atoms with Gasteiger partial charge in [0.2, 0.25) is 5.16 Å². The van der Waals surface area contributed by atoms with Gasteiger partial charge in [0.1, 0.15) is 5.75 Å². The number of carbonyl (C=O) groups is 1. The van der Waals surface area contributed by atoms with Crippen molar-refractivity contribution in [3.8, 4) is 22.9 Å². The van der Waals surface area contributed by atoms with E-state index in [1.54, 1.807) is 7.11 Å². The predicted octanol–water partition coefficient (Wildman–Crippen LogP) is 3.60. The van der Waals surface area contributed by atoms with Crippen molar-refractivity contribution in [2.24, 2.45) is 0 Å². The fourth-order valence-electron chi connectivity index (χ4n) is 2.24. The molecule has 0 saturated heterocycles. The van der Waals surface area contributed by atoms with Crippen molar-refractivity contribution in [3.63, 3.8) is 0 Å². The van der Waals surface area contributed by atoms with E-state index in [0.29, 0.717) is 11.0 Å². The molecule has 134 valence electrons. The molecule has 1 heterocycles. The van der Waals surface area contributed by atoms with Crippen LogP contribution in [0.1, 0.15) is 10.4 Å². The number of ether oxygens (including phenoxy) is 2. The maximum Gasteiger partial charge on any atom is 0.209 e. The van der Waals surface area contributed by atoms with E-state index in [2.05, 4.69) is 15.2 Å². The number of Topliss-reactive ketones (excluding diaryl/α,β-unsaturated/α-hetero) is 1. The molecule has 0 aliphatic heterocycles. The molecular weight excluding hydrogens is 357 g/mol. The quantitative estimate of drug-likeness (QED) is 0.504. The lowest BCUT2D eigenvalue weighted by Crippen LogP contribution is -2.03. The molecule has 0 atom stereocenters. The molecule has 1 aromatic heterocycles. The summed E-state index contributed by atoms with van der Waals surface area (Å²) in [5, 5.41) is 7.37. The number of rotatable bonds is 7. The van der Waals surface area contributed by atoms with E-state index in [9.17, 15) is 9.18 Å². The van der Waals surface area contributed by atoms with Crippen LogP contribution in [0.2, 0.25) is 0 Å². The second-order valence-electron chi connectivity index (χ2n) is 5.26. The third-order valence-corrected chi connectivity index (χ3v) is 4.48. The summed E-state index contributed by atoms with van der Waals surface area (Å²) in [6.45, 7) is 0. The van der Waals surface area contributed by atoms with Gasteiger partial charge in [0.25, 0.3) is 0 Å². The fourth-order valence-corrected chi connectivity index (χ4v) is 2.94. The summed E-state index contributed by atoms with van der Waals surface area (Å²) in [5.74, 6) is 0.770. The first-order valence-corrected chi connectivity index (χ1v) is 8.65. The van der Waals surface area contributed by atoms with Crippen LogP contribution in [0.25, 0.3) is 11.4 Å². The van der Waals surface area contributed by atoms with E-state index in [-0.39, 0.29) is 22.8 Å². The Bertz CT molecular complexity index is 912. The number of methoxy groups -OCH3 is 2. The number of hydrogen-bond donors (Lipinski definition) is 1. The van der Waals surface area contributed by atoms with Crippen molar-refractivity contribution in [2.45, 2.75) is 5.16 Å². The first-order valence-electron chi connectivity index (χ1n) is 7.67. The molecule has 0 spiro atoms. The van der Waals surface area contributed by atoms with Crippen LogP contribution in [-0.4, -0.2) is 40.9 Å². The van der Waals surface area contributed by atoms with Gasteiger partial charge in [0.05, 0.1) is 20.0 Å². The van der Waals surface area contributed by atoms with Crippen molar-refractivity contribution in [2.75, 3.05) is 20.0 Å². The molecule has 0 fully saturated rings. The van der Waals surface area contributed by atoms with Gasteiger partial charge in [-0.25, -0.2) is 9.37 Å². The zero-order valence-corrected chi connectivity index (χ0v) is 15.0. The van der Waals surface area contributed by atoms with Crippen molar-refractivity contribution in [1.82, 2.24) is 15.2 Å². The van der Waals surface area contributed by atoms with Gasteiger partial charge in [0.15, 0.2) is 23.2 Å². The summed E-state index contributed by atoms with van der Waals surface area (Å²) in [5.41, 5.74) is 1.13. The molecule has 1 N–H and O–H groups in total. The van der Waals surface area contributed by atoms with Crippen LogP contribution in [0.3, 0.4) is 0 Å². The Balaban J connectivity index is 1.64. The molecular formula is C18H16FN3O3S. The van der Waals surface area contributed by atoms with Gasteiger partial charge in [0, 0.05) is 11.1 Å². The number of ketones is 1. The number of nitrogens with one attached hydrogen (secondary N) is 1. The molecule has 0 unspecified atom stereocenters. The molecule has 6 nitrogen and oxygen atoms in total. The molecule has 2 aromatic carbocycles. The molecule has 0 aliphatic carbocycles. The van der Waals surface area contributed by atoms with Gasteiger partial charge < -0.3 is 9.47 Å². The number of aromatic amines is 1. The lowest BCUT2D eigenvalue weighted by atomic mass is 10.1. The highest BCUT2D eigenvalue weighted by atomic mass is 32.2. The van der Waals surface area contributed by atoms with E-state index >= 15 is 0 Å². The van der Waals surface area contributed by atoms with Crippen LogP contribution in [0.5, 0.6) is 11.5 Å². The molecule has 0 radical (unpaired) electrons. The first kappa shape index (κ1) is 17.9. The van der Waals surface area contributed by atoms with Gasteiger partial charge >= 0.3 is 0 Å². The lowest BCUT2D eigenvalue weighted by Gasteiger charge is -2.04. The van der Waals surface area contributed by atoms with Crippen molar-refractivity contribution >= 4 is 17.5 Å². The monoisotopic (exact) mass is 373 g/mol. The topological polar surface area (TPSA) is 77.1 Å². The molecule has 0 saturated carbocycles.